The standard InChI is InChI=1S/C34H30N2O6/c1-2-3-22-40-27-20-16-25(17-21-27)35-32(37)29-30(36(42-31(29)33(35)38)26-12-8-5-9-13-26)23-14-18-28(19-15-23)41-34(39)24-10-6-4-7-11-24/h4-21,29-31H,2-3,22H2,1H3/t29-,30-,31-/m0/s1. The van der Waals surface area contributed by atoms with Crippen molar-refractivity contribution >= 4 is 29.2 Å². The Bertz CT molecular complexity index is 1560. The second-order valence-corrected chi connectivity index (χ2v) is 10.2. The van der Waals surface area contributed by atoms with Crippen LogP contribution < -0.4 is 19.4 Å². The van der Waals surface area contributed by atoms with E-state index in [1.54, 1.807) is 77.9 Å². The monoisotopic (exact) mass is 562 g/mol. The molecular weight excluding hydrogens is 532 g/mol. The minimum Gasteiger partial charge on any atom is -0.494 e. The smallest absolute Gasteiger partial charge is 0.343 e. The molecule has 0 aliphatic carbocycles. The molecular formula is C34H30N2O6. The molecule has 2 amide bonds. The normalized spacial score (nSPS) is 19.6. The van der Waals surface area contributed by atoms with Crippen LogP contribution in [-0.2, 0) is 14.4 Å². The summed E-state index contributed by atoms with van der Waals surface area (Å²) in [5, 5.41) is 1.64. The Hall–Kier alpha value is -4.95. The third-order valence-corrected chi connectivity index (χ3v) is 7.43. The number of unbranched alkanes of at least 4 members (excludes halogenated alkanes) is 1. The highest BCUT2D eigenvalue weighted by atomic mass is 16.7. The molecule has 8 nitrogen and oxygen atoms in total. The van der Waals surface area contributed by atoms with Gasteiger partial charge in [0.15, 0.2) is 6.10 Å². The summed E-state index contributed by atoms with van der Waals surface area (Å²) in [6.07, 6.45) is 0.987. The third kappa shape index (κ3) is 5.24. The van der Waals surface area contributed by atoms with Crippen LogP contribution >= 0.6 is 0 Å². The minimum absolute atomic E-state index is 0.340. The number of anilines is 2. The molecule has 0 unspecified atom stereocenters. The molecule has 2 heterocycles. The zero-order valence-corrected chi connectivity index (χ0v) is 23.1. The van der Waals surface area contributed by atoms with E-state index >= 15 is 0 Å². The lowest BCUT2D eigenvalue weighted by atomic mass is 9.90. The first-order valence-corrected chi connectivity index (χ1v) is 14.0. The number of para-hydroxylation sites is 1. The summed E-state index contributed by atoms with van der Waals surface area (Å²) in [5.41, 5.74) is 2.38. The molecule has 2 aliphatic heterocycles. The molecule has 212 valence electrons. The summed E-state index contributed by atoms with van der Waals surface area (Å²) >= 11 is 0. The van der Waals surface area contributed by atoms with Crippen molar-refractivity contribution in [3.05, 3.63) is 120 Å². The molecule has 2 fully saturated rings. The highest BCUT2D eigenvalue weighted by Gasteiger charge is 2.60. The fourth-order valence-electron chi connectivity index (χ4n) is 5.31. The first-order valence-electron chi connectivity index (χ1n) is 14.0. The number of rotatable bonds is 9. The predicted octanol–water partition coefficient (Wildman–Crippen LogP) is 6.14. The van der Waals surface area contributed by atoms with Crippen LogP contribution in [0.5, 0.6) is 11.5 Å². The summed E-state index contributed by atoms with van der Waals surface area (Å²) in [6, 6.07) is 31.5. The van der Waals surface area contributed by atoms with E-state index in [-0.39, 0.29) is 5.91 Å². The predicted molar refractivity (Wildman–Crippen MR) is 157 cm³/mol. The first kappa shape index (κ1) is 27.2. The lowest BCUT2D eigenvalue weighted by Crippen LogP contribution is -2.37. The summed E-state index contributed by atoms with van der Waals surface area (Å²) in [6.45, 7) is 2.70. The molecule has 0 saturated carbocycles. The zero-order chi connectivity index (χ0) is 29.1. The maximum Gasteiger partial charge on any atom is 0.343 e. The van der Waals surface area contributed by atoms with Gasteiger partial charge in [-0.1, -0.05) is 61.9 Å². The molecule has 0 radical (unpaired) electrons. The van der Waals surface area contributed by atoms with E-state index in [2.05, 4.69) is 6.92 Å². The van der Waals surface area contributed by atoms with Crippen molar-refractivity contribution in [1.29, 1.82) is 0 Å². The van der Waals surface area contributed by atoms with E-state index in [9.17, 15) is 14.4 Å². The molecule has 0 bridgehead atoms. The van der Waals surface area contributed by atoms with Crippen LogP contribution in [0.15, 0.2) is 109 Å². The van der Waals surface area contributed by atoms with Crippen molar-refractivity contribution in [2.24, 2.45) is 5.92 Å². The van der Waals surface area contributed by atoms with Crippen LogP contribution in [0.4, 0.5) is 11.4 Å². The average molecular weight is 563 g/mol. The van der Waals surface area contributed by atoms with E-state index in [0.29, 0.717) is 29.4 Å². The first-order chi connectivity index (χ1) is 20.5. The highest BCUT2D eigenvalue weighted by molar-refractivity contribution is 6.24. The summed E-state index contributed by atoms with van der Waals surface area (Å²) in [4.78, 5) is 47.5. The van der Waals surface area contributed by atoms with Gasteiger partial charge in [-0.2, -0.15) is 0 Å². The number of nitrogens with zero attached hydrogens (tertiary/aromatic N) is 2. The molecule has 0 spiro atoms. The molecule has 4 aromatic carbocycles. The van der Waals surface area contributed by atoms with Crippen molar-refractivity contribution in [2.45, 2.75) is 31.9 Å². The van der Waals surface area contributed by atoms with Crippen molar-refractivity contribution in [3.8, 4) is 11.5 Å². The molecule has 2 aliphatic rings. The van der Waals surface area contributed by atoms with E-state index in [4.69, 9.17) is 14.3 Å². The fourth-order valence-corrected chi connectivity index (χ4v) is 5.31. The fraction of sp³-hybridized carbons (Fsp3) is 0.206. The van der Waals surface area contributed by atoms with Gasteiger partial charge in [0.05, 0.1) is 29.6 Å². The van der Waals surface area contributed by atoms with Gasteiger partial charge in [0.25, 0.3) is 5.91 Å². The second-order valence-electron chi connectivity index (χ2n) is 10.2. The number of hydrogen-bond acceptors (Lipinski definition) is 7. The summed E-state index contributed by atoms with van der Waals surface area (Å²) < 4.78 is 11.3. The Kier molecular flexibility index (Phi) is 7.70. The molecule has 6 rings (SSSR count). The van der Waals surface area contributed by atoms with E-state index in [1.165, 1.54) is 4.90 Å². The van der Waals surface area contributed by atoms with Gasteiger partial charge >= 0.3 is 5.97 Å². The minimum atomic E-state index is -0.987. The number of hydroxylamine groups is 1. The van der Waals surface area contributed by atoms with Crippen LogP contribution in [0.25, 0.3) is 0 Å². The van der Waals surface area contributed by atoms with Gasteiger partial charge in [0, 0.05) is 0 Å². The number of amides is 2. The Morgan fingerprint density at radius 3 is 2.07 bits per heavy atom. The Morgan fingerprint density at radius 1 is 0.762 bits per heavy atom. The van der Waals surface area contributed by atoms with Gasteiger partial charge in [0.2, 0.25) is 5.91 Å². The van der Waals surface area contributed by atoms with Gasteiger partial charge in [-0.15, -0.1) is 0 Å². The van der Waals surface area contributed by atoms with Gasteiger partial charge in [-0.25, -0.2) is 14.8 Å². The number of ether oxygens (including phenoxy) is 2. The van der Waals surface area contributed by atoms with E-state index < -0.39 is 29.9 Å². The third-order valence-electron chi connectivity index (χ3n) is 7.43. The van der Waals surface area contributed by atoms with Crippen molar-refractivity contribution < 1.29 is 28.7 Å². The molecule has 0 aromatic heterocycles. The summed E-state index contributed by atoms with van der Waals surface area (Å²) in [7, 11) is 0. The molecule has 4 aromatic rings. The molecule has 0 N–H and O–H groups in total. The number of carbonyl (C=O) groups excluding carboxylic acids is 3. The van der Waals surface area contributed by atoms with Gasteiger partial charge in [0.1, 0.15) is 17.4 Å². The quantitative estimate of drug-likeness (QED) is 0.105. The SMILES string of the molecule is CCCCOc1ccc(N2C(=O)[C@@H]3[C@H](ON(c4ccccc4)[C@H]3c3ccc(OC(=O)c4ccccc4)cc3)C2=O)cc1. The Morgan fingerprint density at radius 2 is 1.40 bits per heavy atom. The topological polar surface area (TPSA) is 85.4 Å². The van der Waals surface area contributed by atoms with Crippen molar-refractivity contribution in [2.75, 3.05) is 16.6 Å². The number of fused-ring (bicyclic) bond motifs is 1. The highest BCUT2D eigenvalue weighted by Crippen LogP contribution is 2.47. The van der Waals surface area contributed by atoms with Crippen LogP contribution in [0, 0.1) is 5.92 Å². The maximum absolute atomic E-state index is 13.9. The number of benzene rings is 4. The number of carbonyl (C=O) groups is 3. The zero-order valence-electron chi connectivity index (χ0n) is 23.1. The maximum atomic E-state index is 13.9. The van der Waals surface area contributed by atoms with Crippen molar-refractivity contribution in [3.63, 3.8) is 0 Å². The molecule has 2 saturated heterocycles. The van der Waals surface area contributed by atoms with Crippen LogP contribution in [0.2, 0.25) is 0 Å². The second kappa shape index (κ2) is 11.9. The largest absolute Gasteiger partial charge is 0.494 e. The van der Waals surface area contributed by atoms with E-state index in [0.717, 1.165) is 24.1 Å². The number of esters is 1. The molecule has 42 heavy (non-hydrogen) atoms. The van der Waals surface area contributed by atoms with Crippen LogP contribution in [0.3, 0.4) is 0 Å². The summed E-state index contributed by atoms with van der Waals surface area (Å²) in [5.74, 6) is -0.951. The van der Waals surface area contributed by atoms with Crippen LogP contribution in [-0.4, -0.2) is 30.5 Å². The lowest BCUT2D eigenvalue weighted by molar-refractivity contribution is -0.126. The Balaban J connectivity index is 1.27. The molecule has 3 atom stereocenters. The molecule has 8 heteroatoms. The average Bonchev–Trinajstić information content (AvgIpc) is 3.54. The van der Waals surface area contributed by atoms with Gasteiger partial charge in [-0.05, 0) is 72.6 Å². The Labute approximate surface area is 244 Å². The number of imide groups is 1. The van der Waals surface area contributed by atoms with Gasteiger partial charge < -0.3 is 9.47 Å². The lowest BCUT2D eigenvalue weighted by Gasteiger charge is -2.28. The van der Waals surface area contributed by atoms with Crippen LogP contribution in [0.1, 0.15) is 41.7 Å². The van der Waals surface area contributed by atoms with Crippen molar-refractivity contribution in [1.82, 2.24) is 0 Å². The number of hydrogen-bond donors (Lipinski definition) is 0. The van der Waals surface area contributed by atoms with Gasteiger partial charge in [-0.3, -0.25) is 14.4 Å². The van der Waals surface area contributed by atoms with E-state index in [1.807, 2.05) is 36.4 Å².